The Hall–Kier alpha value is -3.03. The van der Waals surface area contributed by atoms with E-state index in [2.05, 4.69) is 20.0 Å². The van der Waals surface area contributed by atoms with Gasteiger partial charge in [0.05, 0.1) is 29.8 Å². The number of hydrogen-bond acceptors (Lipinski definition) is 7. The number of ether oxygens (including phenoxy) is 1. The zero-order valence-electron chi connectivity index (χ0n) is 12.1. The summed E-state index contributed by atoms with van der Waals surface area (Å²) in [6.07, 6.45) is 2.87. The molecule has 114 valence electrons. The molecule has 2 heterocycles. The lowest BCUT2D eigenvalue weighted by molar-refractivity contribution is -0.384. The molecule has 0 saturated carbocycles. The molecule has 0 saturated heterocycles. The fraction of sp³-hybridized carbons (Fsp3) is 0.214. The Morgan fingerprint density at radius 3 is 2.86 bits per heavy atom. The van der Waals surface area contributed by atoms with Gasteiger partial charge in [-0.05, 0) is 18.6 Å². The minimum Gasteiger partial charge on any atom is -0.465 e. The van der Waals surface area contributed by atoms with Crippen molar-refractivity contribution in [3.63, 3.8) is 0 Å². The molecule has 22 heavy (non-hydrogen) atoms. The number of methoxy groups -OCH3 is 1. The molecule has 0 aliphatic heterocycles. The van der Waals surface area contributed by atoms with Gasteiger partial charge in [0, 0.05) is 18.5 Å². The first kappa shape index (κ1) is 15.4. The van der Waals surface area contributed by atoms with Crippen molar-refractivity contribution in [3.8, 4) is 0 Å². The average molecular weight is 302 g/mol. The molecule has 8 heteroatoms. The molecule has 8 nitrogen and oxygen atoms in total. The van der Waals surface area contributed by atoms with E-state index in [-0.39, 0.29) is 23.6 Å². The summed E-state index contributed by atoms with van der Waals surface area (Å²) >= 11 is 0. The van der Waals surface area contributed by atoms with Crippen LogP contribution in [0.5, 0.6) is 0 Å². The quantitative estimate of drug-likeness (QED) is 0.512. The monoisotopic (exact) mass is 302 g/mol. The van der Waals surface area contributed by atoms with Gasteiger partial charge in [-0.2, -0.15) is 0 Å². The number of nitrogens with zero attached hydrogens (tertiary/aromatic N) is 3. The fourth-order valence-corrected chi connectivity index (χ4v) is 1.83. The van der Waals surface area contributed by atoms with Crippen molar-refractivity contribution < 1.29 is 14.5 Å². The number of hydrogen-bond donors (Lipinski definition) is 1. The predicted molar refractivity (Wildman–Crippen MR) is 78.5 cm³/mol. The summed E-state index contributed by atoms with van der Waals surface area (Å²) in [4.78, 5) is 30.1. The van der Waals surface area contributed by atoms with Gasteiger partial charge in [-0.15, -0.1) is 0 Å². The topological polar surface area (TPSA) is 107 Å². The van der Waals surface area contributed by atoms with Gasteiger partial charge in [0.2, 0.25) is 5.82 Å². The van der Waals surface area contributed by atoms with E-state index in [1.807, 2.05) is 19.1 Å². The molecule has 0 bridgehead atoms. The largest absolute Gasteiger partial charge is 0.465 e. The van der Waals surface area contributed by atoms with Crippen LogP contribution in [-0.4, -0.2) is 28.0 Å². The minimum atomic E-state index is -0.678. The number of esters is 1. The number of rotatable bonds is 5. The first-order valence-corrected chi connectivity index (χ1v) is 6.40. The highest BCUT2D eigenvalue weighted by Gasteiger charge is 2.19. The van der Waals surface area contributed by atoms with Crippen LogP contribution >= 0.6 is 0 Å². The molecule has 0 radical (unpaired) electrons. The van der Waals surface area contributed by atoms with Gasteiger partial charge in [0.15, 0.2) is 0 Å². The third-order valence-corrected chi connectivity index (χ3v) is 3.03. The van der Waals surface area contributed by atoms with E-state index in [4.69, 9.17) is 0 Å². The molecule has 1 N–H and O–H groups in total. The Morgan fingerprint density at radius 2 is 2.23 bits per heavy atom. The van der Waals surface area contributed by atoms with Crippen LogP contribution in [0, 0.1) is 17.0 Å². The first-order chi connectivity index (χ1) is 10.5. The van der Waals surface area contributed by atoms with Crippen molar-refractivity contribution in [3.05, 3.63) is 57.5 Å². The van der Waals surface area contributed by atoms with Crippen molar-refractivity contribution in [2.24, 2.45) is 0 Å². The summed E-state index contributed by atoms with van der Waals surface area (Å²) in [5.74, 6) is -0.606. The number of carbonyl (C=O) groups excluding carboxylic acids is 1. The second-order valence-corrected chi connectivity index (χ2v) is 4.46. The molecule has 0 amide bonds. The van der Waals surface area contributed by atoms with E-state index in [9.17, 15) is 14.9 Å². The number of anilines is 1. The van der Waals surface area contributed by atoms with Crippen molar-refractivity contribution in [2.45, 2.75) is 13.5 Å². The van der Waals surface area contributed by atoms with E-state index in [1.165, 1.54) is 13.3 Å². The summed E-state index contributed by atoms with van der Waals surface area (Å²) in [6, 6.07) is 4.84. The van der Waals surface area contributed by atoms with E-state index >= 15 is 0 Å². The molecule has 0 atom stereocenters. The summed E-state index contributed by atoms with van der Waals surface area (Å²) in [6.45, 7) is 2.18. The maximum Gasteiger partial charge on any atom is 0.339 e. The highest BCUT2D eigenvalue weighted by Crippen LogP contribution is 2.23. The fourth-order valence-electron chi connectivity index (χ4n) is 1.83. The minimum absolute atomic E-state index is 0.0220. The molecule has 0 spiro atoms. The standard InChI is InChI=1S/C14H14N4O4/c1-9-4-3-5-15-11(9)8-17-13-12(18(20)21)6-10(7-16-13)14(19)22-2/h3-7H,8H2,1-2H3,(H,16,17). The van der Waals surface area contributed by atoms with Crippen LogP contribution in [-0.2, 0) is 11.3 Å². The molecule has 0 aromatic carbocycles. The highest BCUT2D eigenvalue weighted by molar-refractivity contribution is 5.90. The molecule has 0 aliphatic rings. The lowest BCUT2D eigenvalue weighted by Gasteiger charge is -2.08. The van der Waals surface area contributed by atoms with Gasteiger partial charge in [-0.1, -0.05) is 6.07 Å². The van der Waals surface area contributed by atoms with Crippen molar-refractivity contribution in [1.29, 1.82) is 0 Å². The van der Waals surface area contributed by atoms with Gasteiger partial charge >= 0.3 is 11.7 Å². The summed E-state index contributed by atoms with van der Waals surface area (Å²) in [7, 11) is 1.20. The van der Waals surface area contributed by atoms with Crippen LogP contribution in [0.2, 0.25) is 0 Å². The first-order valence-electron chi connectivity index (χ1n) is 6.40. The molecular formula is C14H14N4O4. The third kappa shape index (κ3) is 3.35. The Balaban J connectivity index is 2.25. The molecule has 2 aromatic rings. The summed E-state index contributed by atoms with van der Waals surface area (Å²) in [5, 5.41) is 14.0. The van der Waals surface area contributed by atoms with Gasteiger partial charge in [0.1, 0.15) is 0 Å². The van der Waals surface area contributed by atoms with Crippen molar-refractivity contribution in [2.75, 3.05) is 12.4 Å². The normalized spacial score (nSPS) is 10.1. The van der Waals surface area contributed by atoms with Crippen molar-refractivity contribution in [1.82, 2.24) is 9.97 Å². The molecule has 2 rings (SSSR count). The Morgan fingerprint density at radius 1 is 1.45 bits per heavy atom. The Labute approximate surface area is 126 Å². The maximum atomic E-state index is 11.4. The number of nitrogens with one attached hydrogen (secondary N) is 1. The van der Waals surface area contributed by atoms with Crippen LogP contribution in [0.1, 0.15) is 21.6 Å². The average Bonchev–Trinajstić information content (AvgIpc) is 2.53. The number of aromatic nitrogens is 2. The van der Waals surface area contributed by atoms with Crippen LogP contribution in [0.25, 0.3) is 0 Å². The lowest BCUT2D eigenvalue weighted by atomic mass is 10.2. The van der Waals surface area contributed by atoms with Gasteiger partial charge in [-0.3, -0.25) is 15.1 Å². The maximum absolute atomic E-state index is 11.4. The van der Waals surface area contributed by atoms with Crippen LogP contribution in [0.3, 0.4) is 0 Å². The van der Waals surface area contributed by atoms with Gasteiger partial charge in [-0.25, -0.2) is 9.78 Å². The van der Waals surface area contributed by atoms with Gasteiger partial charge < -0.3 is 10.1 Å². The summed E-state index contributed by atoms with van der Waals surface area (Å²) in [5.41, 5.74) is 1.45. The smallest absolute Gasteiger partial charge is 0.339 e. The van der Waals surface area contributed by atoms with E-state index in [0.29, 0.717) is 0 Å². The molecular weight excluding hydrogens is 288 g/mol. The van der Waals surface area contributed by atoms with Crippen LogP contribution < -0.4 is 5.32 Å². The number of aryl methyl sites for hydroxylation is 1. The second-order valence-electron chi connectivity index (χ2n) is 4.46. The lowest BCUT2D eigenvalue weighted by Crippen LogP contribution is -2.09. The molecule has 0 aliphatic carbocycles. The highest BCUT2D eigenvalue weighted by atomic mass is 16.6. The zero-order valence-corrected chi connectivity index (χ0v) is 12.1. The van der Waals surface area contributed by atoms with E-state index in [1.54, 1.807) is 6.20 Å². The number of nitro groups is 1. The predicted octanol–water partition coefficient (Wildman–Crippen LogP) is 2.09. The Kier molecular flexibility index (Phi) is 4.62. The Bertz CT molecular complexity index is 718. The van der Waals surface area contributed by atoms with E-state index in [0.717, 1.165) is 17.3 Å². The van der Waals surface area contributed by atoms with E-state index < -0.39 is 10.9 Å². The number of carbonyl (C=O) groups is 1. The molecule has 0 fully saturated rings. The van der Waals surface area contributed by atoms with Crippen LogP contribution in [0.4, 0.5) is 11.5 Å². The van der Waals surface area contributed by atoms with Crippen molar-refractivity contribution >= 4 is 17.5 Å². The zero-order chi connectivity index (χ0) is 16.1. The number of pyridine rings is 2. The SMILES string of the molecule is COC(=O)c1cnc(NCc2ncccc2C)c([N+](=O)[O-])c1. The summed E-state index contributed by atoms with van der Waals surface area (Å²) < 4.78 is 4.52. The van der Waals surface area contributed by atoms with Gasteiger partial charge in [0.25, 0.3) is 0 Å². The van der Waals surface area contributed by atoms with Crippen LogP contribution in [0.15, 0.2) is 30.6 Å². The molecule has 2 aromatic heterocycles. The molecule has 0 unspecified atom stereocenters. The second kappa shape index (κ2) is 6.61. The third-order valence-electron chi connectivity index (χ3n) is 3.03.